The van der Waals surface area contributed by atoms with E-state index in [0.717, 1.165) is 25.9 Å². The molecule has 0 aliphatic carbocycles. The summed E-state index contributed by atoms with van der Waals surface area (Å²) in [5.74, 6) is 0.780. The molecule has 1 rings (SSSR count). The van der Waals surface area contributed by atoms with E-state index in [1.165, 1.54) is 13.0 Å². The fourth-order valence-corrected chi connectivity index (χ4v) is 2.82. The molecule has 1 amide bonds. The van der Waals surface area contributed by atoms with Crippen molar-refractivity contribution in [1.29, 1.82) is 0 Å². The number of thioether (sulfide) groups is 1. The van der Waals surface area contributed by atoms with Gasteiger partial charge in [0.1, 0.15) is 0 Å². The lowest BCUT2D eigenvalue weighted by Gasteiger charge is -2.32. The number of rotatable bonds is 5. The first-order valence-corrected chi connectivity index (χ1v) is 8.05. The van der Waals surface area contributed by atoms with E-state index < -0.39 is 0 Å². The van der Waals surface area contributed by atoms with Crippen LogP contribution in [-0.4, -0.2) is 47.0 Å². The van der Waals surface area contributed by atoms with Crippen LogP contribution >= 0.6 is 11.8 Å². The van der Waals surface area contributed by atoms with Gasteiger partial charge in [-0.15, -0.1) is 11.8 Å². The number of nitrogens with one attached hydrogen (secondary N) is 1. The van der Waals surface area contributed by atoms with Crippen LogP contribution in [0.25, 0.3) is 0 Å². The molecule has 0 unspecified atom stereocenters. The van der Waals surface area contributed by atoms with Crippen molar-refractivity contribution in [3.8, 4) is 0 Å². The molecular formula is C14H28N2OS. The van der Waals surface area contributed by atoms with E-state index in [1.54, 1.807) is 11.8 Å². The highest BCUT2D eigenvalue weighted by Gasteiger charge is 2.21. The van der Waals surface area contributed by atoms with Crippen LogP contribution in [0.5, 0.6) is 0 Å². The summed E-state index contributed by atoms with van der Waals surface area (Å²) in [7, 11) is 0. The molecule has 0 aromatic heterocycles. The molecule has 0 aromatic rings. The minimum absolute atomic E-state index is 0.168. The minimum atomic E-state index is 0.168. The first kappa shape index (κ1) is 15.8. The summed E-state index contributed by atoms with van der Waals surface area (Å²) in [5.41, 5.74) is 0. The van der Waals surface area contributed by atoms with Gasteiger partial charge in [0.25, 0.3) is 0 Å². The highest BCUT2D eigenvalue weighted by molar-refractivity contribution is 8.01. The molecule has 0 spiro atoms. The molecule has 0 saturated carbocycles. The Balaban J connectivity index is 2.18. The largest absolute Gasteiger partial charge is 0.353 e. The summed E-state index contributed by atoms with van der Waals surface area (Å²) in [5, 5.41) is 3.17. The van der Waals surface area contributed by atoms with Crippen molar-refractivity contribution in [3.05, 3.63) is 0 Å². The lowest BCUT2D eigenvalue weighted by Crippen LogP contribution is -2.45. The normalized spacial score (nSPS) is 18.9. The van der Waals surface area contributed by atoms with Crippen LogP contribution in [0.15, 0.2) is 0 Å². The molecule has 0 radical (unpaired) electrons. The number of nitrogens with zero attached hydrogens (tertiary/aromatic N) is 1. The van der Waals surface area contributed by atoms with E-state index in [4.69, 9.17) is 0 Å². The number of carbonyl (C=O) groups excluding carboxylic acids is 1. The van der Waals surface area contributed by atoms with Crippen LogP contribution in [0, 0.1) is 0 Å². The lowest BCUT2D eigenvalue weighted by atomic mass is 10.1. The number of carbonyl (C=O) groups is 1. The van der Waals surface area contributed by atoms with Gasteiger partial charge in [-0.1, -0.05) is 27.7 Å². The monoisotopic (exact) mass is 272 g/mol. The average Bonchev–Trinajstić information content (AvgIpc) is 2.29. The summed E-state index contributed by atoms with van der Waals surface area (Å²) in [4.78, 5) is 14.3. The average molecular weight is 272 g/mol. The fourth-order valence-electron chi connectivity index (χ4n) is 2.17. The molecule has 1 fully saturated rings. The van der Waals surface area contributed by atoms with Crippen molar-refractivity contribution in [3.63, 3.8) is 0 Å². The summed E-state index contributed by atoms with van der Waals surface area (Å²) in [6, 6.07) is 0.395. The van der Waals surface area contributed by atoms with E-state index >= 15 is 0 Å². The third-order valence-electron chi connectivity index (χ3n) is 3.13. The molecule has 18 heavy (non-hydrogen) atoms. The van der Waals surface area contributed by atoms with E-state index in [1.807, 2.05) is 0 Å². The summed E-state index contributed by atoms with van der Waals surface area (Å²) in [6.07, 6.45) is 3.43. The molecule has 1 aliphatic heterocycles. The molecule has 1 aliphatic rings. The first-order chi connectivity index (χ1) is 8.40. The molecule has 0 aromatic carbocycles. The fraction of sp³-hybridized carbons (Fsp3) is 0.929. The highest BCUT2D eigenvalue weighted by Crippen LogP contribution is 2.22. The maximum atomic E-state index is 11.8. The van der Waals surface area contributed by atoms with Gasteiger partial charge in [-0.05, 0) is 25.8 Å². The zero-order valence-corrected chi connectivity index (χ0v) is 13.1. The van der Waals surface area contributed by atoms with Crippen LogP contribution in [0.2, 0.25) is 0 Å². The Labute approximate surface area is 116 Å². The van der Waals surface area contributed by atoms with Gasteiger partial charge in [0.15, 0.2) is 0 Å². The maximum absolute atomic E-state index is 11.8. The van der Waals surface area contributed by atoms with E-state index in [2.05, 4.69) is 37.9 Å². The Morgan fingerprint density at radius 1 is 1.33 bits per heavy atom. The molecule has 106 valence electrons. The quantitative estimate of drug-likeness (QED) is 0.834. The van der Waals surface area contributed by atoms with Crippen LogP contribution in [0.1, 0.15) is 47.0 Å². The molecule has 1 N–H and O–H groups in total. The number of likely N-dealkylation sites (tertiary alicyclic amines) is 1. The SMILES string of the molecule is CCCN1CCC(NC(=O)CSC(C)(C)C)CC1. The van der Waals surface area contributed by atoms with Crippen molar-refractivity contribution in [2.45, 2.75) is 57.7 Å². The smallest absolute Gasteiger partial charge is 0.230 e. The highest BCUT2D eigenvalue weighted by atomic mass is 32.2. The van der Waals surface area contributed by atoms with Crippen molar-refractivity contribution in [2.75, 3.05) is 25.4 Å². The Kier molecular flexibility index (Phi) is 6.50. The second-order valence-corrected chi connectivity index (χ2v) is 7.89. The lowest BCUT2D eigenvalue weighted by molar-refractivity contribution is -0.119. The molecule has 4 heteroatoms. The topological polar surface area (TPSA) is 32.3 Å². The van der Waals surface area contributed by atoms with Gasteiger partial charge in [-0.25, -0.2) is 0 Å². The Morgan fingerprint density at radius 3 is 2.44 bits per heavy atom. The summed E-state index contributed by atoms with van der Waals surface area (Å²) < 4.78 is 0.168. The predicted molar refractivity (Wildman–Crippen MR) is 80.1 cm³/mol. The summed E-state index contributed by atoms with van der Waals surface area (Å²) in [6.45, 7) is 12.1. The second kappa shape index (κ2) is 7.39. The van der Waals surface area contributed by atoms with Gasteiger partial charge in [-0.2, -0.15) is 0 Å². The van der Waals surface area contributed by atoms with Crippen molar-refractivity contribution in [2.24, 2.45) is 0 Å². The predicted octanol–water partition coefficient (Wildman–Crippen LogP) is 2.51. The Morgan fingerprint density at radius 2 is 1.94 bits per heavy atom. The molecule has 0 bridgehead atoms. The van der Waals surface area contributed by atoms with Gasteiger partial charge >= 0.3 is 0 Å². The Bertz CT molecular complexity index is 255. The van der Waals surface area contributed by atoms with Gasteiger partial charge in [-0.3, -0.25) is 4.79 Å². The van der Waals surface area contributed by atoms with Crippen molar-refractivity contribution < 1.29 is 4.79 Å². The first-order valence-electron chi connectivity index (χ1n) is 7.06. The van der Waals surface area contributed by atoms with E-state index in [0.29, 0.717) is 11.8 Å². The minimum Gasteiger partial charge on any atom is -0.353 e. The van der Waals surface area contributed by atoms with Crippen LogP contribution < -0.4 is 5.32 Å². The van der Waals surface area contributed by atoms with Gasteiger partial charge < -0.3 is 10.2 Å². The van der Waals surface area contributed by atoms with Crippen molar-refractivity contribution >= 4 is 17.7 Å². The molecule has 1 heterocycles. The Hall–Kier alpha value is -0.220. The van der Waals surface area contributed by atoms with E-state index in [9.17, 15) is 4.79 Å². The zero-order valence-electron chi connectivity index (χ0n) is 12.3. The van der Waals surface area contributed by atoms with Crippen LogP contribution in [0.4, 0.5) is 0 Å². The van der Waals surface area contributed by atoms with Crippen LogP contribution in [-0.2, 0) is 4.79 Å². The third-order valence-corrected chi connectivity index (χ3v) is 4.40. The number of hydrogen-bond donors (Lipinski definition) is 1. The number of hydrogen-bond acceptors (Lipinski definition) is 3. The molecule has 3 nitrogen and oxygen atoms in total. The van der Waals surface area contributed by atoms with Gasteiger partial charge in [0, 0.05) is 23.9 Å². The standard InChI is InChI=1S/C14H28N2OS/c1-5-8-16-9-6-12(7-10-16)15-13(17)11-18-14(2,3)4/h12H,5-11H2,1-4H3,(H,15,17). The van der Waals surface area contributed by atoms with Crippen molar-refractivity contribution in [1.82, 2.24) is 10.2 Å². The second-order valence-electron chi connectivity index (χ2n) is 6.08. The maximum Gasteiger partial charge on any atom is 0.230 e. The third kappa shape index (κ3) is 6.64. The number of amides is 1. The van der Waals surface area contributed by atoms with Gasteiger partial charge in [0.2, 0.25) is 5.91 Å². The summed E-state index contributed by atoms with van der Waals surface area (Å²) >= 11 is 1.72. The van der Waals surface area contributed by atoms with E-state index in [-0.39, 0.29) is 10.7 Å². The zero-order chi connectivity index (χ0) is 13.6. The molecule has 1 saturated heterocycles. The molecule has 0 atom stereocenters. The van der Waals surface area contributed by atoms with Gasteiger partial charge in [0.05, 0.1) is 5.75 Å². The van der Waals surface area contributed by atoms with Crippen LogP contribution in [0.3, 0.4) is 0 Å². The number of piperidine rings is 1. The molecular weight excluding hydrogens is 244 g/mol.